The highest BCUT2D eigenvalue weighted by atomic mass is 16.4. The SMILES string of the molecule is CC(C)C(C)CNc1nnc(CCN)o1. The van der Waals surface area contributed by atoms with E-state index in [1.54, 1.807) is 0 Å². The highest BCUT2D eigenvalue weighted by molar-refractivity contribution is 5.16. The van der Waals surface area contributed by atoms with E-state index in [0.717, 1.165) is 6.54 Å². The summed E-state index contributed by atoms with van der Waals surface area (Å²) >= 11 is 0. The van der Waals surface area contributed by atoms with Crippen molar-refractivity contribution in [3.8, 4) is 0 Å². The molecule has 1 aromatic heterocycles. The molecule has 0 radical (unpaired) electrons. The lowest BCUT2D eigenvalue weighted by molar-refractivity contribution is 0.430. The molecule has 1 aromatic rings. The number of rotatable bonds is 6. The van der Waals surface area contributed by atoms with Crippen LogP contribution in [0.3, 0.4) is 0 Å². The first-order valence-corrected chi connectivity index (χ1v) is 5.39. The van der Waals surface area contributed by atoms with Gasteiger partial charge in [-0.3, -0.25) is 0 Å². The first-order valence-electron chi connectivity index (χ1n) is 5.39. The summed E-state index contributed by atoms with van der Waals surface area (Å²) in [5, 5.41) is 10.9. The van der Waals surface area contributed by atoms with Crippen molar-refractivity contribution in [1.82, 2.24) is 10.2 Å². The third kappa shape index (κ3) is 3.87. The quantitative estimate of drug-likeness (QED) is 0.742. The van der Waals surface area contributed by atoms with Gasteiger partial charge in [0.2, 0.25) is 5.89 Å². The van der Waals surface area contributed by atoms with Crippen molar-refractivity contribution in [2.45, 2.75) is 27.2 Å². The Balaban J connectivity index is 2.37. The minimum atomic E-state index is 0.492. The van der Waals surface area contributed by atoms with Crippen LogP contribution in [0.15, 0.2) is 4.42 Å². The summed E-state index contributed by atoms with van der Waals surface area (Å²) in [6, 6.07) is 0.492. The van der Waals surface area contributed by atoms with Crippen LogP contribution in [-0.4, -0.2) is 23.3 Å². The van der Waals surface area contributed by atoms with Crippen molar-refractivity contribution in [2.75, 3.05) is 18.4 Å². The molecule has 0 aromatic carbocycles. The third-order valence-corrected chi connectivity index (χ3v) is 2.54. The van der Waals surface area contributed by atoms with Crippen molar-refractivity contribution in [3.05, 3.63) is 5.89 Å². The molecule has 0 fully saturated rings. The van der Waals surface area contributed by atoms with Crippen molar-refractivity contribution in [1.29, 1.82) is 0 Å². The van der Waals surface area contributed by atoms with Crippen molar-refractivity contribution in [3.63, 3.8) is 0 Å². The van der Waals surface area contributed by atoms with Crippen LogP contribution < -0.4 is 11.1 Å². The van der Waals surface area contributed by atoms with Gasteiger partial charge in [0.25, 0.3) is 0 Å². The van der Waals surface area contributed by atoms with Gasteiger partial charge in [0.05, 0.1) is 0 Å². The second kappa shape index (κ2) is 5.70. The van der Waals surface area contributed by atoms with Crippen LogP contribution in [0.5, 0.6) is 0 Å². The maximum atomic E-state index is 5.38. The summed E-state index contributed by atoms with van der Waals surface area (Å²) in [6.07, 6.45) is 0.633. The van der Waals surface area contributed by atoms with Gasteiger partial charge in [-0.25, -0.2) is 0 Å². The summed E-state index contributed by atoms with van der Waals surface area (Å²) in [4.78, 5) is 0. The largest absolute Gasteiger partial charge is 0.408 e. The summed E-state index contributed by atoms with van der Waals surface area (Å²) in [6.45, 7) is 7.96. The van der Waals surface area contributed by atoms with E-state index in [0.29, 0.717) is 36.7 Å². The average molecular weight is 212 g/mol. The molecular weight excluding hydrogens is 192 g/mol. The Morgan fingerprint density at radius 1 is 1.33 bits per heavy atom. The monoisotopic (exact) mass is 212 g/mol. The van der Waals surface area contributed by atoms with E-state index >= 15 is 0 Å². The summed E-state index contributed by atoms with van der Waals surface area (Å²) in [5.41, 5.74) is 5.38. The van der Waals surface area contributed by atoms with E-state index in [1.165, 1.54) is 0 Å². The predicted octanol–water partition coefficient (Wildman–Crippen LogP) is 1.27. The van der Waals surface area contributed by atoms with Crippen molar-refractivity contribution >= 4 is 6.01 Å². The lowest BCUT2D eigenvalue weighted by Gasteiger charge is -2.14. The van der Waals surface area contributed by atoms with Gasteiger partial charge in [-0.15, -0.1) is 5.10 Å². The van der Waals surface area contributed by atoms with Gasteiger partial charge in [-0.2, -0.15) is 0 Å². The average Bonchev–Trinajstić information content (AvgIpc) is 2.62. The van der Waals surface area contributed by atoms with Crippen LogP contribution in [-0.2, 0) is 6.42 Å². The maximum absolute atomic E-state index is 5.38. The molecule has 0 spiro atoms. The van der Waals surface area contributed by atoms with E-state index in [1.807, 2.05) is 0 Å². The highest BCUT2D eigenvalue weighted by Crippen LogP contribution is 2.11. The Labute approximate surface area is 90.4 Å². The summed E-state index contributed by atoms with van der Waals surface area (Å²) in [5.74, 6) is 1.82. The van der Waals surface area contributed by atoms with E-state index in [-0.39, 0.29) is 0 Å². The molecule has 15 heavy (non-hydrogen) atoms. The molecule has 0 aliphatic carbocycles. The fourth-order valence-electron chi connectivity index (χ4n) is 1.03. The fourth-order valence-corrected chi connectivity index (χ4v) is 1.03. The number of hydrogen-bond acceptors (Lipinski definition) is 5. The maximum Gasteiger partial charge on any atom is 0.315 e. The van der Waals surface area contributed by atoms with Crippen LogP contribution in [0.2, 0.25) is 0 Å². The molecule has 3 N–H and O–H groups in total. The smallest absolute Gasteiger partial charge is 0.315 e. The second-order valence-electron chi connectivity index (χ2n) is 4.14. The topological polar surface area (TPSA) is 77.0 Å². The Bertz CT molecular complexity index is 285. The number of anilines is 1. The van der Waals surface area contributed by atoms with Crippen LogP contribution in [0.1, 0.15) is 26.7 Å². The second-order valence-corrected chi connectivity index (χ2v) is 4.14. The molecule has 0 bridgehead atoms. The molecule has 5 heteroatoms. The molecule has 1 atom stereocenters. The number of nitrogens with two attached hydrogens (primary N) is 1. The summed E-state index contributed by atoms with van der Waals surface area (Å²) in [7, 11) is 0. The zero-order valence-electron chi connectivity index (χ0n) is 9.66. The van der Waals surface area contributed by atoms with E-state index in [4.69, 9.17) is 10.2 Å². The van der Waals surface area contributed by atoms with Crippen molar-refractivity contribution in [2.24, 2.45) is 17.6 Å². The number of nitrogens with zero attached hydrogens (tertiary/aromatic N) is 2. The molecule has 0 amide bonds. The zero-order valence-corrected chi connectivity index (χ0v) is 9.66. The van der Waals surface area contributed by atoms with Gasteiger partial charge in [0.15, 0.2) is 0 Å². The third-order valence-electron chi connectivity index (χ3n) is 2.54. The molecule has 1 heterocycles. The highest BCUT2D eigenvalue weighted by Gasteiger charge is 2.09. The molecule has 5 nitrogen and oxygen atoms in total. The lowest BCUT2D eigenvalue weighted by atomic mass is 9.98. The van der Waals surface area contributed by atoms with Crippen LogP contribution in [0.4, 0.5) is 6.01 Å². The first kappa shape index (κ1) is 12.0. The Morgan fingerprint density at radius 2 is 2.07 bits per heavy atom. The molecule has 0 aliphatic heterocycles. The first-order chi connectivity index (χ1) is 7.13. The molecule has 0 saturated carbocycles. The number of hydrogen-bond donors (Lipinski definition) is 2. The Kier molecular flexibility index (Phi) is 4.55. The molecule has 1 unspecified atom stereocenters. The van der Waals surface area contributed by atoms with Gasteiger partial charge in [0.1, 0.15) is 0 Å². The van der Waals surface area contributed by atoms with Gasteiger partial charge in [-0.05, 0) is 11.8 Å². The van der Waals surface area contributed by atoms with Crippen molar-refractivity contribution < 1.29 is 4.42 Å². The lowest BCUT2D eigenvalue weighted by Crippen LogP contribution is -2.16. The zero-order chi connectivity index (χ0) is 11.3. The molecule has 86 valence electrons. The Morgan fingerprint density at radius 3 is 2.67 bits per heavy atom. The van der Waals surface area contributed by atoms with E-state index in [2.05, 4.69) is 36.3 Å². The Hall–Kier alpha value is -1.10. The van der Waals surface area contributed by atoms with Gasteiger partial charge < -0.3 is 15.5 Å². The van der Waals surface area contributed by atoms with Gasteiger partial charge >= 0.3 is 6.01 Å². The molecule has 1 rings (SSSR count). The normalized spacial score (nSPS) is 13.1. The van der Waals surface area contributed by atoms with Gasteiger partial charge in [0, 0.05) is 19.5 Å². The fraction of sp³-hybridized carbons (Fsp3) is 0.800. The van der Waals surface area contributed by atoms with Crippen LogP contribution in [0.25, 0.3) is 0 Å². The number of nitrogens with one attached hydrogen (secondary N) is 1. The van der Waals surface area contributed by atoms with Crippen LogP contribution in [0, 0.1) is 11.8 Å². The van der Waals surface area contributed by atoms with Crippen LogP contribution >= 0.6 is 0 Å². The van der Waals surface area contributed by atoms with Gasteiger partial charge in [-0.1, -0.05) is 25.9 Å². The standard InChI is InChI=1S/C10H20N4O/c1-7(2)8(3)6-12-10-14-13-9(15-10)4-5-11/h7-8H,4-6,11H2,1-3H3,(H,12,14). The van der Waals surface area contributed by atoms with E-state index < -0.39 is 0 Å². The summed E-state index contributed by atoms with van der Waals surface area (Å²) < 4.78 is 5.34. The minimum Gasteiger partial charge on any atom is -0.408 e. The minimum absolute atomic E-state index is 0.492. The number of aromatic nitrogens is 2. The molecular formula is C10H20N4O. The predicted molar refractivity (Wildman–Crippen MR) is 59.5 cm³/mol. The molecule has 0 aliphatic rings. The molecule has 0 saturated heterocycles. The van der Waals surface area contributed by atoms with E-state index in [9.17, 15) is 0 Å².